The molecule has 9 nitrogen and oxygen atoms in total. The number of rotatable bonds is 7. The summed E-state index contributed by atoms with van der Waals surface area (Å²) < 4.78 is 10.9. The molecule has 186 valence electrons. The minimum Gasteiger partial charge on any atom is -0.481 e. The third kappa shape index (κ3) is 5.16. The number of benzene rings is 2. The highest BCUT2D eigenvalue weighted by Crippen LogP contribution is 2.44. The lowest BCUT2D eigenvalue weighted by atomic mass is 9.95. The van der Waals surface area contributed by atoms with Crippen LogP contribution in [0.1, 0.15) is 30.4 Å². The second-order valence-electron chi connectivity index (χ2n) is 9.06. The quantitative estimate of drug-likeness (QED) is 0.553. The van der Waals surface area contributed by atoms with Crippen LogP contribution in [0.25, 0.3) is 11.1 Å². The van der Waals surface area contributed by atoms with Gasteiger partial charge < -0.3 is 29.9 Å². The normalized spacial score (nSPS) is 20.9. The summed E-state index contributed by atoms with van der Waals surface area (Å²) >= 11 is 0. The molecular weight excluding hydrogens is 452 g/mol. The summed E-state index contributed by atoms with van der Waals surface area (Å²) in [5, 5.41) is 22.0. The van der Waals surface area contributed by atoms with Gasteiger partial charge in [-0.15, -0.1) is 0 Å². The molecule has 35 heavy (non-hydrogen) atoms. The molecule has 1 saturated heterocycles. The average Bonchev–Trinajstić information content (AvgIpc) is 3.18. The van der Waals surface area contributed by atoms with Crippen molar-refractivity contribution in [2.75, 3.05) is 26.8 Å². The van der Waals surface area contributed by atoms with Crippen molar-refractivity contribution in [3.63, 3.8) is 0 Å². The van der Waals surface area contributed by atoms with Gasteiger partial charge in [-0.05, 0) is 35.6 Å². The van der Waals surface area contributed by atoms with Gasteiger partial charge in [-0.1, -0.05) is 48.5 Å². The number of fused-ring (bicyclic) bond motifs is 3. The van der Waals surface area contributed by atoms with E-state index in [2.05, 4.69) is 5.32 Å². The summed E-state index contributed by atoms with van der Waals surface area (Å²) in [5.74, 6) is -2.62. The molecule has 2 amide bonds. The van der Waals surface area contributed by atoms with Gasteiger partial charge in [0.25, 0.3) is 0 Å². The van der Waals surface area contributed by atoms with Gasteiger partial charge in [-0.2, -0.15) is 0 Å². The molecule has 0 radical (unpaired) electrons. The van der Waals surface area contributed by atoms with E-state index in [1.165, 1.54) is 12.0 Å². The summed E-state index contributed by atoms with van der Waals surface area (Å²) in [5.41, 5.74) is 4.35. The van der Waals surface area contributed by atoms with Crippen molar-refractivity contribution >= 4 is 18.0 Å². The number of carbonyl (C=O) groups is 3. The second kappa shape index (κ2) is 10.5. The lowest BCUT2D eigenvalue weighted by Gasteiger charge is -2.37. The number of aliphatic hydroxyl groups is 1. The molecule has 0 saturated carbocycles. The molecule has 1 aliphatic heterocycles. The number of carbonyl (C=O) groups excluding carboxylic acids is 2. The molecule has 3 N–H and O–H groups in total. The third-order valence-corrected chi connectivity index (χ3v) is 6.81. The largest absolute Gasteiger partial charge is 0.481 e. The van der Waals surface area contributed by atoms with E-state index in [1.807, 2.05) is 48.5 Å². The second-order valence-corrected chi connectivity index (χ2v) is 9.06. The molecule has 1 heterocycles. The van der Waals surface area contributed by atoms with Crippen LogP contribution >= 0.6 is 0 Å². The van der Waals surface area contributed by atoms with Crippen LogP contribution in [0.15, 0.2) is 48.5 Å². The highest BCUT2D eigenvalue weighted by Gasteiger charge is 2.38. The Labute approximate surface area is 203 Å². The Kier molecular flexibility index (Phi) is 7.37. The standard InChI is InChI=1S/C26H30N2O7/c1-15(34-2)23(24(30)28-12-16(25(31)32)11-17(29)13-28)27-26(33)35-14-22-20-9-5-3-7-18(20)19-8-4-6-10-21(19)22/h3-10,15-17,22-23,29H,11-14H2,1-2H3,(H,27,33)(H,31,32). The van der Waals surface area contributed by atoms with Crippen molar-refractivity contribution in [2.24, 2.45) is 5.92 Å². The lowest BCUT2D eigenvalue weighted by molar-refractivity contribution is -0.150. The van der Waals surface area contributed by atoms with Crippen LogP contribution in [0, 0.1) is 5.92 Å². The number of aliphatic hydroxyl groups excluding tert-OH is 1. The van der Waals surface area contributed by atoms with Crippen LogP contribution in [0.4, 0.5) is 4.79 Å². The van der Waals surface area contributed by atoms with Crippen LogP contribution in [-0.2, 0) is 19.1 Å². The van der Waals surface area contributed by atoms with Gasteiger partial charge in [0.15, 0.2) is 0 Å². The third-order valence-electron chi connectivity index (χ3n) is 6.81. The molecule has 2 aromatic rings. The monoisotopic (exact) mass is 482 g/mol. The predicted molar refractivity (Wildman–Crippen MR) is 127 cm³/mol. The van der Waals surface area contributed by atoms with Gasteiger partial charge in [0.2, 0.25) is 5.91 Å². The Morgan fingerprint density at radius 2 is 1.66 bits per heavy atom. The SMILES string of the molecule is COC(C)C(NC(=O)OCC1c2ccccc2-c2ccccc21)C(=O)N1CC(O)CC(C(=O)O)C1. The Hall–Kier alpha value is -3.43. The molecular formula is C26H30N2O7. The number of aliphatic carboxylic acids is 1. The summed E-state index contributed by atoms with van der Waals surface area (Å²) in [6.07, 6.45) is -2.36. The number of nitrogens with zero attached hydrogens (tertiary/aromatic N) is 1. The first kappa shape index (κ1) is 24.7. The fraction of sp³-hybridized carbons (Fsp3) is 0.423. The zero-order chi connectivity index (χ0) is 25.1. The first-order valence-electron chi connectivity index (χ1n) is 11.6. The van der Waals surface area contributed by atoms with E-state index < -0.39 is 42.1 Å². The van der Waals surface area contributed by atoms with Gasteiger partial charge in [-0.3, -0.25) is 9.59 Å². The van der Waals surface area contributed by atoms with Crippen molar-refractivity contribution in [1.82, 2.24) is 10.2 Å². The van der Waals surface area contributed by atoms with Crippen molar-refractivity contribution in [3.8, 4) is 11.1 Å². The first-order valence-corrected chi connectivity index (χ1v) is 11.6. The van der Waals surface area contributed by atoms with Crippen molar-refractivity contribution in [1.29, 1.82) is 0 Å². The molecule has 1 aliphatic carbocycles. The number of alkyl carbamates (subject to hydrolysis) is 1. The number of hydrogen-bond donors (Lipinski definition) is 3. The molecule has 0 aromatic heterocycles. The molecule has 1 fully saturated rings. The summed E-state index contributed by atoms with van der Waals surface area (Å²) in [6, 6.07) is 14.9. The first-order chi connectivity index (χ1) is 16.8. The van der Waals surface area contributed by atoms with E-state index in [9.17, 15) is 24.6 Å². The molecule has 0 bridgehead atoms. The van der Waals surface area contributed by atoms with Gasteiger partial charge in [0, 0.05) is 26.1 Å². The summed E-state index contributed by atoms with van der Waals surface area (Å²) in [4.78, 5) is 38.7. The number of ether oxygens (including phenoxy) is 2. The number of piperidine rings is 1. The Morgan fingerprint density at radius 3 is 2.23 bits per heavy atom. The van der Waals surface area contributed by atoms with Crippen molar-refractivity contribution in [2.45, 2.75) is 37.5 Å². The van der Waals surface area contributed by atoms with Crippen LogP contribution in [0.5, 0.6) is 0 Å². The van der Waals surface area contributed by atoms with Gasteiger partial charge >= 0.3 is 12.1 Å². The van der Waals surface area contributed by atoms with Crippen LogP contribution in [0.2, 0.25) is 0 Å². The van der Waals surface area contributed by atoms with Crippen molar-refractivity contribution < 1.29 is 34.1 Å². The van der Waals surface area contributed by atoms with E-state index in [0.717, 1.165) is 22.3 Å². The Bertz CT molecular complexity index is 1060. The van der Waals surface area contributed by atoms with Gasteiger partial charge in [0.05, 0.1) is 18.1 Å². The number of methoxy groups -OCH3 is 1. The lowest BCUT2D eigenvalue weighted by Crippen LogP contribution is -2.58. The van der Waals surface area contributed by atoms with Gasteiger partial charge in [-0.25, -0.2) is 4.79 Å². The van der Waals surface area contributed by atoms with Crippen LogP contribution in [-0.4, -0.2) is 78.1 Å². The number of nitrogens with one attached hydrogen (secondary N) is 1. The highest BCUT2D eigenvalue weighted by atomic mass is 16.5. The maximum absolute atomic E-state index is 13.2. The highest BCUT2D eigenvalue weighted by molar-refractivity contribution is 5.87. The van der Waals surface area contributed by atoms with E-state index >= 15 is 0 Å². The van der Waals surface area contributed by atoms with Crippen LogP contribution < -0.4 is 5.32 Å². The number of carboxylic acids is 1. The number of β-amino-alcohol motifs (C(OH)–C–C–N with tert-alkyl or cyclic N) is 1. The summed E-state index contributed by atoms with van der Waals surface area (Å²) in [6.45, 7) is 1.65. The Balaban J connectivity index is 1.44. The zero-order valence-electron chi connectivity index (χ0n) is 19.7. The maximum Gasteiger partial charge on any atom is 0.407 e. The number of likely N-dealkylation sites (tertiary alicyclic amines) is 1. The topological polar surface area (TPSA) is 125 Å². The summed E-state index contributed by atoms with van der Waals surface area (Å²) in [7, 11) is 1.41. The molecule has 2 aromatic carbocycles. The fourth-order valence-electron chi connectivity index (χ4n) is 4.91. The average molecular weight is 483 g/mol. The van der Waals surface area contributed by atoms with Gasteiger partial charge in [0.1, 0.15) is 12.6 Å². The van der Waals surface area contributed by atoms with E-state index in [-0.39, 0.29) is 32.0 Å². The smallest absolute Gasteiger partial charge is 0.407 e. The van der Waals surface area contributed by atoms with Crippen molar-refractivity contribution in [3.05, 3.63) is 59.7 Å². The van der Waals surface area contributed by atoms with E-state index in [1.54, 1.807) is 6.92 Å². The molecule has 4 unspecified atom stereocenters. The van der Waals surface area contributed by atoms with E-state index in [0.29, 0.717) is 0 Å². The fourth-order valence-corrected chi connectivity index (χ4v) is 4.91. The molecule has 4 atom stereocenters. The predicted octanol–water partition coefficient (Wildman–Crippen LogP) is 2.22. The minimum absolute atomic E-state index is 0.0120. The Morgan fingerprint density at radius 1 is 1.06 bits per heavy atom. The molecule has 0 spiro atoms. The number of carboxylic acid groups (broad SMARTS) is 1. The molecule has 9 heteroatoms. The number of amides is 2. The molecule has 4 rings (SSSR count). The number of hydrogen-bond acceptors (Lipinski definition) is 6. The zero-order valence-corrected chi connectivity index (χ0v) is 19.7. The molecule has 2 aliphatic rings. The maximum atomic E-state index is 13.2. The van der Waals surface area contributed by atoms with Crippen LogP contribution in [0.3, 0.4) is 0 Å². The van der Waals surface area contributed by atoms with E-state index in [4.69, 9.17) is 9.47 Å². The minimum atomic E-state index is -1.10.